The molecule has 686 valence electrons. The average Bonchev–Trinajstić information content (AvgIpc) is 1.56. The van der Waals surface area contributed by atoms with Crippen molar-refractivity contribution in [3.05, 3.63) is 529 Å². The van der Waals surface area contributed by atoms with Crippen molar-refractivity contribution in [2.45, 2.75) is 0 Å². The molecule has 0 bridgehead atoms. The van der Waals surface area contributed by atoms with Gasteiger partial charge in [-0.15, -0.1) is 0 Å². The molecule has 147 heavy (non-hydrogen) atoms. The third-order valence-corrected chi connectivity index (χ3v) is 28.0. The minimum Gasteiger partial charge on any atom is -0.292 e. The Bertz CT molecular complexity index is 9510. The highest BCUT2D eigenvalue weighted by molar-refractivity contribution is 6.29. The van der Waals surface area contributed by atoms with Gasteiger partial charge in [0, 0.05) is 81.8 Å². The second-order valence-corrected chi connectivity index (χ2v) is 36.8. The molecule has 8 aromatic heterocycles. The van der Waals surface area contributed by atoms with Gasteiger partial charge in [-0.3, -0.25) is 29.5 Å². The summed E-state index contributed by atoms with van der Waals surface area (Å²) in [6, 6.07) is 173. The molecule has 0 unspecified atom stereocenters. The molecule has 27 aromatic rings. The second kappa shape index (κ2) is 38.3. The first-order chi connectivity index (χ1) is 72.9. The van der Waals surface area contributed by atoms with Crippen molar-refractivity contribution in [2.24, 2.45) is 0 Å². The van der Waals surface area contributed by atoms with Crippen LogP contribution in [0.15, 0.2) is 529 Å². The van der Waals surface area contributed by atoms with Gasteiger partial charge in [0.25, 0.3) is 0 Å². The van der Waals surface area contributed by atoms with Crippen LogP contribution in [0.5, 0.6) is 0 Å². The summed E-state index contributed by atoms with van der Waals surface area (Å²) < 4.78 is 2.26. The first kappa shape index (κ1) is 87.4. The number of hydrogen-bond donors (Lipinski definition) is 0. The van der Waals surface area contributed by atoms with Crippen molar-refractivity contribution in [1.82, 2.24) is 54.4 Å². The fraction of sp³-hybridized carbons (Fsp3) is 0. The fourth-order valence-corrected chi connectivity index (χ4v) is 21.1. The molecule has 0 fully saturated rings. The van der Waals surface area contributed by atoms with Crippen molar-refractivity contribution in [3.8, 4) is 197 Å². The predicted molar refractivity (Wildman–Crippen MR) is 605 cm³/mol. The quantitative estimate of drug-likeness (QED) is 0.0861. The molecule has 19 aromatic carbocycles. The summed E-state index contributed by atoms with van der Waals surface area (Å²) in [5, 5.41) is 14.8. The third kappa shape index (κ3) is 16.7. The van der Waals surface area contributed by atoms with Gasteiger partial charge in [0.05, 0.1) is 45.2 Å². The van der Waals surface area contributed by atoms with Crippen molar-refractivity contribution < 1.29 is 0 Å². The Morgan fingerprint density at radius 2 is 0.571 bits per heavy atom. The van der Waals surface area contributed by atoms with Crippen molar-refractivity contribution in [1.29, 1.82) is 0 Å². The number of imidazole rings is 1. The van der Waals surface area contributed by atoms with Crippen LogP contribution in [-0.4, -0.2) is 54.4 Å². The molecule has 28 rings (SSSR count). The minimum absolute atomic E-state index is 0.657. The lowest BCUT2D eigenvalue weighted by molar-refractivity contribution is 1.08. The van der Waals surface area contributed by atoms with Gasteiger partial charge in [-0.1, -0.05) is 370 Å². The predicted octanol–water partition coefficient (Wildman–Crippen LogP) is 34.5. The molecule has 11 nitrogen and oxygen atoms in total. The number of benzene rings is 19. The zero-order valence-corrected chi connectivity index (χ0v) is 79.6. The summed E-state index contributed by atoms with van der Waals surface area (Å²) in [7, 11) is 0. The van der Waals surface area contributed by atoms with E-state index in [0.717, 1.165) is 123 Å². The van der Waals surface area contributed by atoms with Crippen molar-refractivity contribution in [3.63, 3.8) is 0 Å². The molecule has 0 spiro atoms. The maximum atomic E-state index is 5.13. The third-order valence-electron chi connectivity index (χ3n) is 28.0. The zero-order valence-electron chi connectivity index (χ0n) is 79.6. The number of aromatic nitrogens is 11. The minimum atomic E-state index is 0.657. The maximum absolute atomic E-state index is 5.13. The van der Waals surface area contributed by atoms with Crippen LogP contribution in [0.4, 0.5) is 0 Å². The van der Waals surface area contributed by atoms with Crippen molar-refractivity contribution in [2.75, 3.05) is 0 Å². The van der Waals surface area contributed by atoms with E-state index < -0.39 is 0 Å². The van der Waals surface area contributed by atoms with E-state index >= 15 is 0 Å². The Balaban J connectivity index is 0.000000113. The normalized spacial score (nSPS) is 11.4. The Kier molecular flexibility index (Phi) is 22.8. The SMILES string of the molecule is c1ccc(-c2ccc(-c3cc(-c4cccnc4)cc(-c4ccc(-c5cccc(-c6ccccn6)n5)nc4)c3)cn2)nc1.c1ccc(-c2nc(-c3ccccc3)nc(-c3ccc4c5c(cccc35)-c3c-4c(-c4ccccc4)c4ccccc4c3-c3ccccc3)n2)cc1.c1ccc(-n2c(-c3ccc(-c4ccc5c(-c6ccc7ccccc7c6)c6ccccc6c(-c6ccc7ccccc7c6)c5c4)cc3)nc3ccccc32)cc1. The smallest absolute Gasteiger partial charge is 0.164 e. The second-order valence-electron chi connectivity index (χ2n) is 36.8. The van der Waals surface area contributed by atoms with Gasteiger partial charge < -0.3 is 0 Å². The highest BCUT2D eigenvalue weighted by Gasteiger charge is 2.33. The lowest BCUT2D eigenvalue weighted by Gasteiger charge is -2.20. The van der Waals surface area contributed by atoms with Crippen LogP contribution >= 0.6 is 0 Å². The fourth-order valence-electron chi connectivity index (χ4n) is 21.1. The van der Waals surface area contributed by atoms with E-state index in [1.54, 1.807) is 18.6 Å². The highest BCUT2D eigenvalue weighted by Crippen LogP contribution is 2.59. The molecular weight excluding hydrogens is 1790 g/mol. The number of rotatable bonds is 16. The van der Waals surface area contributed by atoms with Gasteiger partial charge in [0.1, 0.15) is 5.82 Å². The first-order valence-electron chi connectivity index (χ1n) is 49.4. The van der Waals surface area contributed by atoms with Crippen LogP contribution in [0.2, 0.25) is 0 Å². The standard InChI is InChI=1S/C53H34N2.C47H29N3.C36H24N6/c1-2-16-44(17-3-1)55-50-21-11-10-20-49(50)54-53(55)38-26-22-37(23-27-38)41-30-31-47-48(34-41)52(43-29-25-36-13-5-7-15-40(36)33-43)46-19-9-8-18-45(46)51(47)42-28-24-35-12-4-6-14-39(35)32-42;1-5-16-30(17-6-1)40-34-24-13-14-25-35(34)41(31-18-7-2-8-19-31)44-39-29-28-37(36-26-15-27-38(42(36)39)43(40)44)47-49-45(32-20-9-3-10-21-32)48-46(50-47)33-22-11-4-12-23-33;1-3-17-38-31(8-1)33-14-12-26(23-40-33)29-19-28(25-7-6-16-37-22-25)20-30(21-29)27-13-15-34(41-24-27)36-11-5-10-35(42-36)32-9-2-4-18-39-32/h1-34H;1-29H;1-24H. The van der Waals surface area contributed by atoms with Crippen LogP contribution in [0, 0.1) is 0 Å². The van der Waals surface area contributed by atoms with Crippen molar-refractivity contribution >= 4 is 75.7 Å². The number of pyridine rings is 6. The van der Waals surface area contributed by atoms with E-state index in [0.29, 0.717) is 17.5 Å². The molecule has 11 heteroatoms. The first-order valence-corrected chi connectivity index (χ1v) is 49.4. The van der Waals surface area contributed by atoms with Gasteiger partial charge in [0.15, 0.2) is 17.5 Å². The summed E-state index contributed by atoms with van der Waals surface area (Å²) >= 11 is 0. The molecule has 8 heterocycles. The number of para-hydroxylation sites is 3. The van der Waals surface area contributed by atoms with Gasteiger partial charge in [-0.25, -0.2) is 24.9 Å². The Labute approximate surface area is 849 Å². The van der Waals surface area contributed by atoms with Crippen LogP contribution in [0.1, 0.15) is 0 Å². The molecule has 0 radical (unpaired) electrons. The lowest BCUT2D eigenvalue weighted by Crippen LogP contribution is -2.00. The van der Waals surface area contributed by atoms with Gasteiger partial charge in [0.2, 0.25) is 0 Å². The summed E-state index contributed by atoms with van der Waals surface area (Å²) in [6.07, 6.45) is 11.0. The molecule has 0 amide bonds. The number of hydrogen-bond acceptors (Lipinski definition) is 10. The zero-order chi connectivity index (χ0) is 97.5. The maximum Gasteiger partial charge on any atom is 0.164 e. The van der Waals surface area contributed by atoms with E-state index in [1.165, 1.54) is 132 Å². The topological polar surface area (TPSA) is 134 Å². The molecule has 0 saturated carbocycles. The van der Waals surface area contributed by atoms with Gasteiger partial charge in [-0.2, -0.15) is 0 Å². The number of fused-ring (bicyclic) bond motifs is 9. The monoisotopic (exact) mass is 1870 g/mol. The summed E-state index contributed by atoms with van der Waals surface area (Å²) in [4.78, 5) is 47.8. The van der Waals surface area contributed by atoms with E-state index in [4.69, 9.17) is 34.9 Å². The van der Waals surface area contributed by atoms with Crippen LogP contribution in [0.25, 0.3) is 272 Å². The molecule has 0 aliphatic heterocycles. The summed E-state index contributed by atoms with van der Waals surface area (Å²) in [5.74, 6) is 2.91. The Morgan fingerprint density at radius 3 is 1.11 bits per heavy atom. The largest absolute Gasteiger partial charge is 0.292 e. The Morgan fingerprint density at radius 1 is 0.170 bits per heavy atom. The lowest BCUT2D eigenvalue weighted by atomic mass is 9.82. The molecule has 1 aliphatic carbocycles. The highest BCUT2D eigenvalue weighted by atomic mass is 15.1. The van der Waals surface area contributed by atoms with Crippen LogP contribution in [0.3, 0.4) is 0 Å². The molecule has 0 saturated heterocycles. The molecular formula is C136H87N11. The summed E-state index contributed by atoms with van der Waals surface area (Å²) in [6.45, 7) is 0. The van der Waals surface area contributed by atoms with Crippen LogP contribution < -0.4 is 0 Å². The van der Waals surface area contributed by atoms with E-state index in [-0.39, 0.29) is 0 Å². The summed E-state index contributed by atoms with van der Waals surface area (Å²) in [5.41, 5.74) is 35.6. The van der Waals surface area contributed by atoms with E-state index in [2.05, 4.69) is 402 Å². The Hall–Kier alpha value is -19.9. The van der Waals surface area contributed by atoms with Gasteiger partial charge in [-0.05, 0) is 281 Å². The van der Waals surface area contributed by atoms with E-state index in [1.807, 2.05) is 128 Å². The van der Waals surface area contributed by atoms with Crippen LogP contribution in [-0.2, 0) is 0 Å². The van der Waals surface area contributed by atoms with E-state index in [9.17, 15) is 0 Å². The number of nitrogens with zero attached hydrogens (tertiary/aromatic N) is 11. The molecule has 0 atom stereocenters. The van der Waals surface area contributed by atoms with Gasteiger partial charge >= 0.3 is 0 Å². The average molecular weight is 1880 g/mol. The molecule has 1 aliphatic rings. The molecule has 0 N–H and O–H groups in total.